The zero-order valence-electron chi connectivity index (χ0n) is 11.7. The molecule has 3 heteroatoms. The number of benzene rings is 1. The minimum Gasteiger partial charge on any atom is -0.324 e. The maximum absolute atomic E-state index is 6.24. The molecule has 0 aliphatic rings. The average Bonchev–Trinajstić information content (AvgIpc) is 2.34. The predicted molar refractivity (Wildman–Crippen MR) is 82.6 cm³/mol. The van der Waals surface area contributed by atoms with Gasteiger partial charge in [-0.1, -0.05) is 48.0 Å². The molecule has 0 aromatic heterocycles. The van der Waals surface area contributed by atoms with Crippen LogP contribution in [0.15, 0.2) is 28.7 Å². The van der Waals surface area contributed by atoms with Crippen molar-refractivity contribution in [1.29, 1.82) is 0 Å². The molecule has 102 valence electrons. The summed E-state index contributed by atoms with van der Waals surface area (Å²) in [6.07, 6.45) is 2.25. The second-order valence-electron chi connectivity index (χ2n) is 5.40. The van der Waals surface area contributed by atoms with Gasteiger partial charge in [0.05, 0.1) is 0 Å². The fraction of sp³-hybridized carbons (Fsp3) is 0.600. The minimum atomic E-state index is 0.113. The van der Waals surface area contributed by atoms with E-state index in [4.69, 9.17) is 5.73 Å². The molecule has 1 rings (SSSR count). The molecule has 0 heterocycles. The maximum atomic E-state index is 6.24. The predicted octanol–water partition coefficient (Wildman–Crippen LogP) is 3.82. The van der Waals surface area contributed by atoms with Crippen LogP contribution >= 0.6 is 15.9 Å². The van der Waals surface area contributed by atoms with Crippen molar-refractivity contribution in [3.63, 3.8) is 0 Å². The van der Waals surface area contributed by atoms with Crippen molar-refractivity contribution in [2.24, 2.45) is 11.7 Å². The summed E-state index contributed by atoms with van der Waals surface area (Å²) in [7, 11) is 2.18. The third-order valence-electron chi connectivity index (χ3n) is 3.21. The summed E-state index contributed by atoms with van der Waals surface area (Å²) in [5, 5.41) is 0. The highest BCUT2D eigenvalue weighted by Gasteiger charge is 2.10. The first-order valence-electron chi connectivity index (χ1n) is 6.69. The second-order valence-corrected chi connectivity index (χ2v) is 6.26. The monoisotopic (exact) mass is 312 g/mol. The lowest BCUT2D eigenvalue weighted by atomic mass is 10.0. The van der Waals surface area contributed by atoms with Crippen molar-refractivity contribution in [2.75, 3.05) is 20.1 Å². The van der Waals surface area contributed by atoms with E-state index in [0.29, 0.717) is 0 Å². The van der Waals surface area contributed by atoms with Gasteiger partial charge < -0.3 is 10.6 Å². The number of nitrogens with zero attached hydrogens (tertiary/aromatic N) is 1. The molecule has 1 aromatic carbocycles. The normalized spacial score (nSPS) is 13.3. The summed E-state index contributed by atoms with van der Waals surface area (Å²) in [4.78, 5) is 2.37. The Morgan fingerprint density at radius 1 is 1.17 bits per heavy atom. The van der Waals surface area contributed by atoms with Gasteiger partial charge in [0.2, 0.25) is 0 Å². The Kier molecular flexibility index (Phi) is 6.90. The maximum Gasteiger partial charge on any atom is 0.0318 e. The highest BCUT2D eigenvalue weighted by atomic mass is 79.9. The molecule has 0 aliphatic carbocycles. The van der Waals surface area contributed by atoms with Gasteiger partial charge in [0.1, 0.15) is 0 Å². The Balaban J connectivity index is 2.37. The standard InChI is InChI=1S/C15H25BrN2/c1-12(2)8-10-18(3)11-9-15(17)13-6-4-5-7-14(13)16/h4-7,12,15H,8-11,17H2,1-3H3. The van der Waals surface area contributed by atoms with E-state index >= 15 is 0 Å². The van der Waals surface area contributed by atoms with E-state index in [1.165, 1.54) is 12.0 Å². The first-order valence-corrected chi connectivity index (χ1v) is 7.48. The van der Waals surface area contributed by atoms with Gasteiger partial charge in [-0.05, 0) is 50.5 Å². The third kappa shape index (κ3) is 5.51. The molecular weight excluding hydrogens is 288 g/mol. The van der Waals surface area contributed by atoms with Gasteiger partial charge in [-0.2, -0.15) is 0 Å². The SMILES string of the molecule is CC(C)CCN(C)CCC(N)c1ccccc1Br. The Bertz CT molecular complexity index is 352. The van der Waals surface area contributed by atoms with Gasteiger partial charge in [0, 0.05) is 10.5 Å². The lowest BCUT2D eigenvalue weighted by molar-refractivity contribution is 0.298. The molecule has 0 saturated carbocycles. The molecule has 0 aliphatic heterocycles. The quantitative estimate of drug-likeness (QED) is 0.829. The molecular formula is C15H25BrN2. The van der Waals surface area contributed by atoms with Crippen LogP contribution in [0.25, 0.3) is 0 Å². The van der Waals surface area contributed by atoms with Crippen molar-refractivity contribution in [1.82, 2.24) is 4.90 Å². The van der Waals surface area contributed by atoms with Crippen LogP contribution in [0, 0.1) is 5.92 Å². The summed E-state index contributed by atoms with van der Waals surface area (Å²) >= 11 is 3.56. The summed E-state index contributed by atoms with van der Waals surface area (Å²) in [5.41, 5.74) is 7.45. The Morgan fingerprint density at radius 2 is 1.78 bits per heavy atom. The van der Waals surface area contributed by atoms with Crippen LogP contribution in [0.2, 0.25) is 0 Å². The largest absolute Gasteiger partial charge is 0.324 e. The molecule has 0 radical (unpaired) electrons. The molecule has 0 amide bonds. The fourth-order valence-electron chi connectivity index (χ4n) is 1.88. The number of rotatable bonds is 7. The number of halogens is 1. The molecule has 1 unspecified atom stereocenters. The molecule has 2 N–H and O–H groups in total. The van der Waals surface area contributed by atoms with Crippen LogP contribution in [0.5, 0.6) is 0 Å². The van der Waals surface area contributed by atoms with Gasteiger partial charge in [0.15, 0.2) is 0 Å². The first-order chi connectivity index (χ1) is 8.50. The molecule has 0 spiro atoms. The smallest absolute Gasteiger partial charge is 0.0318 e. The summed E-state index contributed by atoms with van der Waals surface area (Å²) < 4.78 is 1.11. The second kappa shape index (κ2) is 7.93. The molecule has 2 nitrogen and oxygen atoms in total. The fourth-order valence-corrected chi connectivity index (χ4v) is 2.46. The lowest BCUT2D eigenvalue weighted by Gasteiger charge is -2.21. The molecule has 0 saturated heterocycles. The van der Waals surface area contributed by atoms with Crippen LogP contribution in [0.3, 0.4) is 0 Å². The highest BCUT2D eigenvalue weighted by Crippen LogP contribution is 2.23. The molecule has 0 fully saturated rings. The molecule has 1 aromatic rings. The number of hydrogen-bond acceptors (Lipinski definition) is 2. The van der Waals surface area contributed by atoms with Gasteiger partial charge in [-0.3, -0.25) is 0 Å². The third-order valence-corrected chi connectivity index (χ3v) is 3.94. The molecule has 0 bridgehead atoms. The van der Waals surface area contributed by atoms with Gasteiger partial charge in [-0.25, -0.2) is 0 Å². The zero-order valence-corrected chi connectivity index (χ0v) is 13.3. The van der Waals surface area contributed by atoms with E-state index in [9.17, 15) is 0 Å². The van der Waals surface area contributed by atoms with Crippen molar-refractivity contribution in [3.8, 4) is 0 Å². The minimum absolute atomic E-state index is 0.113. The van der Waals surface area contributed by atoms with Gasteiger partial charge in [-0.15, -0.1) is 0 Å². The van der Waals surface area contributed by atoms with Gasteiger partial charge in [0.25, 0.3) is 0 Å². The highest BCUT2D eigenvalue weighted by molar-refractivity contribution is 9.10. The van der Waals surface area contributed by atoms with Crippen molar-refractivity contribution in [3.05, 3.63) is 34.3 Å². The van der Waals surface area contributed by atoms with E-state index in [1.807, 2.05) is 12.1 Å². The van der Waals surface area contributed by atoms with E-state index in [-0.39, 0.29) is 6.04 Å². The summed E-state index contributed by atoms with van der Waals surface area (Å²) in [5.74, 6) is 0.768. The number of nitrogens with two attached hydrogens (primary N) is 1. The molecule has 18 heavy (non-hydrogen) atoms. The average molecular weight is 313 g/mol. The van der Waals surface area contributed by atoms with Crippen LogP contribution in [-0.4, -0.2) is 25.0 Å². The van der Waals surface area contributed by atoms with Crippen molar-refractivity contribution >= 4 is 15.9 Å². The van der Waals surface area contributed by atoms with Crippen LogP contribution < -0.4 is 5.73 Å². The Hall–Kier alpha value is -0.380. The summed E-state index contributed by atoms with van der Waals surface area (Å²) in [6, 6.07) is 8.33. The van der Waals surface area contributed by atoms with E-state index in [1.54, 1.807) is 0 Å². The van der Waals surface area contributed by atoms with E-state index in [2.05, 4.69) is 53.9 Å². The van der Waals surface area contributed by atoms with Crippen molar-refractivity contribution < 1.29 is 0 Å². The van der Waals surface area contributed by atoms with Crippen LogP contribution in [0.4, 0.5) is 0 Å². The van der Waals surface area contributed by atoms with Crippen LogP contribution in [0.1, 0.15) is 38.3 Å². The molecule has 1 atom stereocenters. The van der Waals surface area contributed by atoms with Crippen molar-refractivity contribution in [2.45, 2.75) is 32.7 Å². The number of hydrogen-bond donors (Lipinski definition) is 1. The first kappa shape index (κ1) is 15.7. The Labute approximate surface area is 120 Å². The summed E-state index contributed by atoms with van der Waals surface area (Å²) in [6.45, 7) is 6.73. The van der Waals surface area contributed by atoms with E-state index < -0.39 is 0 Å². The van der Waals surface area contributed by atoms with E-state index in [0.717, 1.165) is 29.9 Å². The Morgan fingerprint density at radius 3 is 2.39 bits per heavy atom. The lowest BCUT2D eigenvalue weighted by Crippen LogP contribution is -2.25. The van der Waals surface area contributed by atoms with Crippen LogP contribution in [-0.2, 0) is 0 Å². The topological polar surface area (TPSA) is 29.3 Å². The zero-order chi connectivity index (χ0) is 13.5. The van der Waals surface area contributed by atoms with Gasteiger partial charge >= 0.3 is 0 Å².